The van der Waals surface area contributed by atoms with E-state index in [1.807, 2.05) is 71.1 Å². The summed E-state index contributed by atoms with van der Waals surface area (Å²) in [5, 5.41) is 1.72. The molecule has 0 saturated carbocycles. The Morgan fingerprint density at radius 3 is 2.26 bits per heavy atom. The van der Waals surface area contributed by atoms with Gasteiger partial charge in [0.05, 0.1) is 11.4 Å². The predicted octanol–water partition coefficient (Wildman–Crippen LogP) is 3.30. The number of pyridine rings is 1. The second-order valence-corrected chi connectivity index (χ2v) is 3.94. The maximum Gasteiger partial charge on any atom is 0.213 e. The van der Waals surface area contributed by atoms with E-state index in [-0.39, 0.29) is 0 Å². The number of nitrogens with two attached hydrogens (primary N) is 2. The largest absolute Gasteiger partial charge is 0.384 e. The molecule has 0 bridgehead atoms. The van der Waals surface area contributed by atoms with Crippen LogP contribution in [0.3, 0.4) is 0 Å². The first-order valence-corrected chi connectivity index (χ1v) is 7.76. The number of hydrogen-bond donors (Lipinski definition) is 3. The highest BCUT2D eigenvalue weighted by atomic mass is 15.5. The van der Waals surface area contributed by atoms with E-state index in [9.17, 15) is 0 Å². The number of nitrogens with one attached hydrogen (secondary N) is 1. The fourth-order valence-electron chi connectivity index (χ4n) is 1.55. The highest BCUT2D eigenvalue weighted by Gasteiger charge is 2.02. The molecule has 1 heterocycles. The monoisotopic (exact) mass is 316 g/mol. The molecule has 0 aliphatic carbocycles. The number of aliphatic imine (C=N–C) groups is 1. The number of nitrogens with zero attached hydrogens (tertiary/aromatic N) is 3. The van der Waals surface area contributed by atoms with E-state index in [0.717, 1.165) is 11.4 Å². The lowest BCUT2D eigenvalue weighted by atomic mass is 10.3. The molecule has 6 nitrogen and oxygen atoms in total. The van der Waals surface area contributed by atoms with Crippen molar-refractivity contribution in [2.24, 2.45) is 10.7 Å². The first-order chi connectivity index (χ1) is 11.1. The third-order valence-electron chi connectivity index (χ3n) is 2.44. The molecule has 1 aromatic carbocycles. The maximum absolute atomic E-state index is 5.83. The van der Waals surface area contributed by atoms with Crippen molar-refractivity contribution in [1.29, 1.82) is 0 Å². The molecular weight excluding hydrogens is 288 g/mol. The van der Waals surface area contributed by atoms with E-state index in [4.69, 9.17) is 11.5 Å². The van der Waals surface area contributed by atoms with Crippen molar-refractivity contribution in [2.45, 2.75) is 27.7 Å². The number of hydrogen-bond acceptors (Lipinski definition) is 4. The average molecular weight is 316 g/mol. The average Bonchev–Trinajstić information content (AvgIpc) is 2.59. The molecule has 0 radical (unpaired) electrons. The number of para-hydroxylation sites is 1. The topological polar surface area (TPSA) is 92.6 Å². The second-order valence-electron chi connectivity index (χ2n) is 3.94. The van der Waals surface area contributed by atoms with Crippen LogP contribution in [0, 0.1) is 0 Å². The summed E-state index contributed by atoms with van der Waals surface area (Å²) in [4.78, 5) is 8.17. The molecule has 5 N–H and O–H groups in total. The summed E-state index contributed by atoms with van der Waals surface area (Å²) in [5.41, 5.74) is 16.0. The predicted molar refractivity (Wildman–Crippen MR) is 101 cm³/mol. The molecule has 0 amide bonds. The van der Waals surface area contributed by atoms with Crippen LogP contribution < -0.4 is 21.9 Å². The van der Waals surface area contributed by atoms with Crippen LogP contribution in [-0.2, 0) is 0 Å². The fraction of sp³-hybridized carbons (Fsp3) is 0.294. The first kappa shape index (κ1) is 20.2. The fourth-order valence-corrected chi connectivity index (χ4v) is 1.55. The lowest BCUT2D eigenvalue weighted by Crippen LogP contribution is -2.43. The Bertz CT molecular complexity index is 568. The smallest absolute Gasteiger partial charge is 0.213 e. The van der Waals surface area contributed by atoms with Crippen molar-refractivity contribution in [1.82, 2.24) is 10.4 Å². The Morgan fingerprint density at radius 2 is 1.70 bits per heavy atom. The number of nitrogen functional groups attached to an aromatic ring is 1. The van der Waals surface area contributed by atoms with E-state index in [1.54, 1.807) is 17.3 Å². The quantitative estimate of drug-likeness (QED) is 0.459. The summed E-state index contributed by atoms with van der Waals surface area (Å²) >= 11 is 0. The van der Waals surface area contributed by atoms with Crippen molar-refractivity contribution < 1.29 is 0 Å². The van der Waals surface area contributed by atoms with Gasteiger partial charge in [-0.05, 0) is 18.2 Å². The molecule has 0 fully saturated rings. The van der Waals surface area contributed by atoms with E-state index < -0.39 is 0 Å². The van der Waals surface area contributed by atoms with Crippen LogP contribution in [0.5, 0.6) is 0 Å². The minimum absolute atomic E-state index is 0.295. The van der Waals surface area contributed by atoms with Gasteiger partial charge in [0.15, 0.2) is 0 Å². The van der Waals surface area contributed by atoms with Crippen molar-refractivity contribution >= 4 is 23.2 Å². The van der Waals surface area contributed by atoms with Gasteiger partial charge in [0, 0.05) is 19.3 Å². The molecule has 2 rings (SSSR count). The minimum atomic E-state index is 0.295. The summed E-state index contributed by atoms with van der Waals surface area (Å²) in [7, 11) is 1.82. The Labute approximate surface area is 139 Å². The van der Waals surface area contributed by atoms with Gasteiger partial charge in [-0.1, -0.05) is 45.9 Å². The first-order valence-electron chi connectivity index (χ1n) is 7.76. The van der Waals surface area contributed by atoms with Gasteiger partial charge in [0.25, 0.3) is 0 Å². The minimum Gasteiger partial charge on any atom is -0.384 e. The van der Waals surface area contributed by atoms with E-state index in [2.05, 4.69) is 15.4 Å². The number of hydrazine groups is 1. The zero-order valence-corrected chi connectivity index (χ0v) is 14.6. The van der Waals surface area contributed by atoms with E-state index >= 15 is 0 Å². The van der Waals surface area contributed by atoms with Gasteiger partial charge < -0.3 is 11.5 Å². The number of aromatic nitrogens is 1. The van der Waals surface area contributed by atoms with Crippen LogP contribution in [0.15, 0.2) is 53.7 Å². The van der Waals surface area contributed by atoms with Crippen LogP contribution in [0.25, 0.3) is 0 Å². The van der Waals surface area contributed by atoms with Crippen molar-refractivity contribution in [3.63, 3.8) is 0 Å². The van der Waals surface area contributed by atoms with Crippen LogP contribution in [0.2, 0.25) is 0 Å². The van der Waals surface area contributed by atoms with Crippen LogP contribution in [0.4, 0.5) is 17.2 Å². The van der Waals surface area contributed by atoms with Gasteiger partial charge in [-0.2, -0.15) is 0 Å². The van der Waals surface area contributed by atoms with Gasteiger partial charge in [0.2, 0.25) is 5.96 Å². The highest BCUT2D eigenvalue weighted by molar-refractivity contribution is 5.82. The van der Waals surface area contributed by atoms with Crippen molar-refractivity contribution in [3.8, 4) is 0 Å². The number of benzene rings is 1. The number of rotatable bonds is 3. The molecule has 0 aliphatic heterocycles. The summed E-state index contributed by atoms with van der Waals surface area (Å²) in [6, 6.07) is 13.0. The molecule has 126 valence electrons. The maximum atomic E-state index is 5.83. The lowest BCUT2D eigenvalue weighted by molar-refractivity contribution is 0.869. The van der Waals surface area contributed by atoms with Crippen molar-refractivity contribution in [3.05, 3.63) is 48.7 Å². The third kappa shape index (κ3) is 7.71. The normalized spacial score (nSPS) is 9.70. The number of anilines is 2. The molecule has 0 saturated heterocycles. The summed E-state index contributed by atoms with van der Waals surface area (Å²) < 4.78 is 0. The van der Waals surface area contributed by atoms with E-state index in [1.165, 1.54) is 0 Å². The Morgan fingerprint density at radius 1 is 1.09 bits per heavy atom. The second kappa shape index (κ2) is 11.9. The Balaban J connectivity index is 0.00000112. The zero-order chi connectivity index (χ0) is 17.7. The van der Waals surface area contributed by atoms with Crippen LogP contribution in [0.1, 0.15) is 27.7 Å². The third-order valence-corrected chi connectivity index (χ3v) is 2.44. The molecule has 2 aromatic rings. The molecule has 0 spiro atoms. The van der Waals surface area contributed by atoms with Gasteiger partial charge >= 0.3 is 0 Å². The van der Waals surface area contributed by atoms with Crippen molar-refractivity contribution in [2.75, 3.05) is 17.8 Å². The highest BCUT2D eigenvalue weighted by Crippen LogP contribution is 2.12. The summed E-state index contributed by atoms with van der Waals surface area (Å²) in [5.74, 6) is 0.744. The molecule has 1 aromatic heterocycles. The molecule has 23 heavy (non-hydrogen) atoms. The van der Waals surface area contributed by atoms with Crippen LogP contribution in [-0.4, -0.2) is 18.0 Å². The lowest BCUT2D eigenvalue weighted by Gasteiger charge is -2.20. The number of guanidine groups is 1. The SMILES string of the molecule is CC.CC.CN(NC(N)=Nc1ccccc1)c1ccnc(N)c1. The Hall–Kier alpha value is -2.76. The summed E-state index contributed by atoms with van der Waals surface area (Å²) in [6.45, 7) is 8.00. The molecule has 6 heteroatoms. The van der Waals surface area contributed by atoms with Gasteiger partial charge in [0.1, 0.15) is 5.82 Å². The molecular formula is C17H28N6. The molecule has 0 atom stereocenters. The van der Waals surface area contributed by atoms with Gasteiger partial charge in [-0.25, -0.2) is 9.98 Å². The van der Waals surface area contributed by atoms with Crippen LogP contribution >= 0.6 is 0 Å². The van der Waals surface area contributed by atoms with Gasteiger partial charge in [-0.3, -0.25) is 10.4 Å². The van der Waals surface area contributed by atoms with E-state index in [0.29, 0.717) is 11.8 Å². The molecule has 0 aliphatic rings. The summed E-state index contributed by atoms with van der Waals surface area (Å²) in [6.07, 6.45) is 1.63. The molecule has 0 unspecified atom stereocenters. The standard InChI is InChI=1S/C13H16N6.2C2H6/c1-19(11-7-8-16-12(14)9-11)18-13(15)17-10-5-3-2-4-6-10;2*1-2/h2-9H,1H3,(H2,14,16)(H3,15,17,18);2*1-2H3. The van der Waals surface area contributed by atoms with Gasteiger partial charge in [-0.15, -0.1) is 0 Å². The zero-order valence-electron chi connectivity index (χ0n) is 14.6. The Kier molecular flexibility index (Phi) is 10.4.